The Kier molecular flexibility index (Phi) is 6.73. The summed E-state index contributed by atoms with van der Waals surface area (Å²) in [5.74, 6) is 0.695. The van der Waals surface area contributed by atoms with Gasteiger partial charge in [0.15, 0.2) is 11.5 Å². The highest BCUT2D eigenvalue weighted by atomic mass is 35.5. The summed E-state index contributed by atoms with van der Waals surface area (Å²) in [6.07, 6.45) is -4.21. The van der Waals surface area contributed by atoms with Crippen LogP contribution in [0.25, 0.3) is 0 Å². The van der Waals surface area contributed by atoms with Gasteiger partial charge >= 0.3 is 6.36 Å². The fraction of sp³-hybridized carbons (Fsp3) is 0.280. The van der Waals surface area contributed by atoms with Gasteiger partial charge in [-0.05, 0) is 55.7 Å². The minimum absolute atomic E-state index is 0.194. The first-order chi connectivity index (χ1) is 17.5. The van der Waals surface area contributed by atoms with Gasteiger partial charge in [-0.25, -0.2) is 13.7 Å². The summed E-state index contributed by atoms with van der Waals surface area (Å²) in [6, 6.07) is 16.6. The van der Waals surface area contributed by atoms with Gasteiger partial charge in [-0.15, -0.1) is 13.2 Å². The molecule has 37 heavy (non-hydrogen) atoms. The zero-order valence-corrected chi connectivity index (χ0v) is 20.8. The highest BCUT2D eigenvalue weighted by molar-refractivity contribution is 7.90. The van der Waals surface area contributed by atoms with Crippen molar-refractivity contribution in [2.24, 2.45) is 0 Å². The Hall–Kier alpha value is -2.99. The number of rotatable bonds is 5. The van der Waals surface area contributed by atoms with Crippen LogP contribution in [0.4, 0.5) is 24.5 Å². The normalized spacial score (nSPS) is 22.8. The first-order valence-electron chi connectivity index (χ1n) is 11.5. The molecule has 7 nitrogen and oxygen atoms in total. The van der Waals surface area contributed by atoms with Gasteiger partial charge in [0.25, 0.3) is 0 Å². The Morgan fingerprint density at radius 3 is 2.27 bits per heavy atom. The van der Waals surface area contributed by atoms with Gasteiger partial charge in [-0.2, -0.15) is 0 Å². The van der Waals surface area contributed by atoms with Crippen LogP contribution < -0.4 is 19.1 Å². The summed E-state index contributed by atoms with van der Waals surface area (Å²) in [6.45, 7) is 0. The monoisotopic (exact) mass is 553 g/mol. The largest absolute Gasteiger partial charge is 0.573 e. The molecule has 1 aliphatic heterocycles. The molecule has 1 saturated carbocycles. The fourth-order valence-corrected chi connectivity index (χ4v) is 6.75. The first-order valence-corrected chi connectivity index (χ1v) is 13.4. The molecule has 2 aliphatic rings. The number of nitrogens with one attached hydrogen (secondary N) is 2. The number of para-hydroxylation sites is 4. The molecule has 0 radical (unpaired) electrons. The fourth-order valence-electron chi connectivity index (χ4n) is 4.85. The molecular formula is C25H23ClF3N3O4S. The van der Waals surface area contributed by atoms with E-state index in [-0.39, 0.29) is 9.92 Å². The highest BCUT2D eigenvalue weighted by Crippen LogP contribution is 2.49. The number of halogens is 4. The van der Waals surface area contributed by atoms with Gasteiger partial charge in [-0.3, -0.25) is 0 Å². The number of nitrogens with zero attached hydrogens (tertiary/aromatic N) is 1. The van der Waals surface area contributed by atoms with Gasteiger partial charge in [-0.1, -0.05) is 35.9 Å². The molecular weight excluding hydrogens is 531 g/mol. The van der Waals surface area contributed by atoms with E-state index in [1.807, 2.05) is 53.4 Å². The highest BCUT2D eigenvalue weighted by Gasteiger charge is 2.41. The summed E-state index contributed by atoms with van der Waals surface area (Å²) in [7, 11) is -3.78. The van der Waals surface area contributed by atoms with E-state index < -0.39 is 40.2 Å². The van der Waals surface area contributed by atoms with Crippen molar-refractivity contribution in [3.05, 3.63) is 71.8 Å². The molecule has 1 heterocycles. The van der Waals surface area contributed by atoms with Crippen molar-refractivity contribution in [3.63, 3.8) is 0 Å². The Balaban J connectivity index is 1.41. The van der Waals surface area contributed by atoms with Crippen LogP contribution >= 0.6 is 11.6 Å². The number of benzene rings is 3. The SMILES string of the molecule is N=S(=O)(NC1CCCC(N2c3ccccc3Oc3ccccc32)C1O)c1ccc(OC(F)(F)F)cc1Cl. The minimum atomic E-state index is -4.91. The average molecular weight is 554 g/mol. The lowest BCUT2D eigenvalue weighted by molar-refractivity contribution is -0.274. The predicted molar refractivity (Wildman–Crippen MR) is 133 cm³/mol. The smallest absolute Gasteiger partial charge is 0.453 e. The van der Waals surface area contributed by atoms with Crippen LogP contribution in [0.5, 0.6) is 17.2 Å². The molecule has 196 valence electrons. The van der Waals surface area contributed by atoms with Gasteiger partial charge in [0.2, 0.25) is 0 Å². The molecule has 1 aliphatic carbocycles. The number of hydrogen-bond acceptors (Lipinski definition) is 6. The summed E-state index contributed by atoms with van der Waals surface area (Å²) in [4.78, 5) is 1.81. The maximum atomic E-state index is 13.4. The molecule has 4 atom stereocenters. The van der Waals surface area contributed by atoms with Crippen LogP contribution in [0.15, 0.2) is 71.6 Å². The molecule has 12 heteroatoms. The standard InChI is InChI=1S/C25H23ClF3N3O4S/c26-16-14-15(36-25(27,28)29)12-13-23(16)37(30,34)31-17-6-5-9-20(24(17)33)32-18-7-1-3-10-21(18)35-22-11-4-2-8-19(22)32/h1-4,7-8,10-14,17,20,24,33H,5-6,9H2,(H2,30,31,34). The summed E-state index contributed by atoms with van der Waals surface area (Å²) in [5.41, 5.74) is 1.56. The molecule has 0 aromatic heterocycles. The molecule has 3 aromatic carbocycles. The first kappa shape index (κ1) is 25.7. The van der Waals surface area contributed by atoms with E-state index in [0.717, 1.165) is 29.6 Å². The van der Waals surface area contributed by atoms with Crippen molar-refractivity contribution in [2.45, 2.75) is 48.7 Å². The molecule has 1 fully saturated rings. The zero-order valence-electron chi connectivity index (χ0n) is 19.2. The Morgan fingerprint density at radius 2 is 1.68 bits per heavy atom. The molecule has 0 spiro atoms. The zero-order chi connectivity index (χ0) is 26.4. The van der Waals surface area contributed by atoms with Crippen molar-refractivity contribution in [1.29, 1.82) is 4.78 Å². The number of aliphatic hydroxyl groups is 1. The number of alkyl halides is 3. The van der Waals surface area contributed by atoms with Crippen LogP contribution in [-0.4, -0.2) is 33.9 Å². The lowest BCUT2D eigenvalue weighted by Gasteiger charge is -2.45. The van der Waals surface area contributed by atoms with Crippen molar-refractivity contribution in [1.82, 2.24) is 4.72 Å². The Morgan fingerprint density at radius 1 is 1.05 bits per heavy atom. The van der Waals surface area contributed by atoms with Crippen molar-refractivity contribution < 1.29 is 32.0 Å². The molecule has 4 unspecified atom stereocenters. The van der Waals surface area contributed by atoms with Gasteiger partial charge in [0.1, 0.15) is 15.7 Å². The van der Waals surface area contributed by atoms with Crippen molar-refractivity contribution in [3.8, 4) is 17.2 Å². The summed E-state index contributed by atoms with van der Waals surface area (Å²) in [5, 5.41) is 11.1. The quantitative estimate of drug-likeness (QED) is 0.341. The molecule has 0 bridgehead atoms. The van der Waals surface area contributed by atoms with E-state index in [2.05, 4.69) is 9.46 Å². The van der Waals surface area contributed by atoms with Gasteiger partial charge < -0.3 is 19.5 Å². The number of anilines is 2. The minimum Gasteiger partial charge on any atom is -0.453 e. The second-order valence-corrected chi connectivity index (χ2v) is 11.0. The second kappa shape index (κ2) is 9.71. The molecule has 3 N–H and O–H groups in total. The Labute approximate surface area is 216 Å². The molecule has 0 saturated heterocycles. The number of hydrogen-bond donors (Lipinski definition) is 3. The summed E-state index contributed by atoms with van der Waals surface area (Å²) >= 11 is 6.09. The van der Waals surface area contributed by atoms with Crippen LogP contribution in [0.2, 0.25) is 5.02 Å². The van der Waals surface area contributed by atoms with Gasteiger partial charge in [0, 0.05) is 12.1 Å². The predicted octanol–water partition coefficient (Wildman–Crippen LogP) is 6.37. The number of ether oxygens (including phenoxy) is 2. The molecule has 5 rings (SSSR count). The maximum Gasteiger partial charge on any atom is 0.573 e. The number of aliphatic hydroxyl groups excluding tert-OH is 1. The lowest BCUT2D eigenvalue weighted by Crippen LogP contribution is -2.55. The van der Waals surface area contributed by atoms with Crippen LogP contribution in [0, 0.1) is 4.78 Å². The molecule has 3 aromatic rings. The van der Waals surface area contributed by atoms with Crippen molar-refractivity contribution >= 4 is 32.9 Å². The van der Waals surface area contributed by atoms with Crippen LogP contribution in [0.1, 0.15) is 19.3 Å². The average Bonchev–Trinajstić information content (AvgIpc) is 2.83. The van der Waals surface area contributed by atoms with E-state index in [9.17, 15) is 22.5 Å². The van der Waals surface area contributed by atoms with Crippen molar-refractivity contribution in [2.75, 3.05) is 4.90 Å². The van der Waals surface area contributed by atoms with Crippen LogP contribution in [0.3, 0.4) is 0 Å². The third-order valence-electron chi connectivity index (χ3n) is 6.39. The van der Waals surface area contributed by atoms with E-state index in [1.165, 1.54) is 0 Å². The third kappa shape index (κ3) is 5.22. The lowest BCUT2D eigenvalue weighted by atomic mass is 9.86. The third-order valence-corrected chi connectivity index (χ3v) is 8.42. The number of fused-ring (bicyclic) bond motifs is 2. The van der Waals surface area contributed by atoms with E-state index in [1.54, 1.807) is 0 Å². The second-order valence-electron chi connectivity index (χ2n) is 8.82. The van der Waals surface area contributed by atoms with E-state index >= 15 is 0 Å². The van der Waals surface area contributed by atoms with Gasteiger partial charge in [0.05, 0.1) is 33.4 Å². The van der Waals surface area contributed by atoms with E-state index in [0.29, 0.717) is 30.8 Å². The molecule has 0 amide bonds. The maximum absolute atomic E-state index is 13.4. The topological polar surface area (TPSA) is 94.9 Å². The van der Waals surface area contributed by atoms with E-state index in [4.69, 9.17) is 21.1 Å². The Bertz CT molecular complexity index is 1370. The summed E-state index contributed by atoms with van der Waals surface area (Å²) < 4.78 is 72.0. The van der Waals surface area contributed by atoms with Crippen LogP contribution in [-0.2, 0) is 9.92 Å².